The quantitative estimate of drug-likeness (QED) is 0.885. The van der Waals surface area contributed by atoms with E-state index in [4.69, 9.17) is 40.1 Å². The second-order valence-corrected chi connectivity index (χ2v) is 6.89. The highest BCUT2D eigenvalue weighted by Gasteiger charge is 2.17. The van der Waals surface area contributed by atoms with Crippen LogP contribution in [0, 0.1) is 11.3 Å². The summed E-state index contributed by atoms with van der Waals surface area (Å²) in [5.74, 6) is 0. The molecule has 0 aliphatic heterocycles. The molecule has 0 saturated heterocycles. The minimum atomic E-state index is -3.89. The van der Waals surface area contributed by atoms with E-state index in [2.05, 4.69) is 4.72 Å². The van der Waals surface area contributed by atoms with E-state index in [1.807, 2.05) is 6.07 Å². The van der Waals surface area contributed by atoms with Gasteiger partial charge in [0.05, 0.1) is 37.3 Å². The largest absolute Gasteiger partial charge is 0.278 e. The molecular weight excluding hydrogens is 355 g/mol. The fraction of sp³-hybridized carbons (Fsp3) is 0. The Morgan fingerprint density at radius 3 is 2.24 bits per heavy atom. The molecule has 4 nitrogen and oxygen atoms in total. The standard InChI is InChI=1S/C13H7Cl3N2O2S/c14-10-4-2-9(6-12(10)16)21(19,20)18-13-5-8(7-17)1-3-11(13)15/h1-6,18H. The molecular formula is C13H7Cl3N2O2S. The molecule has 2 aromatic rings. The van der Waals surface area contributed by atoms with Crippen LogP contribution in [0.25, 0.3) is 0 Å². The van der Waals surface area contributed by atoms with Crippen LogP contribution in [0.1, 0.15) is 5.56 Å². The van der Waals surface area contributed by atoms with Crippen LogP contribution in [0.3, 0.4) is 0 Å². The van der Waals surface area contributed by atoms with E-state index in [1.54, 1.807) is 0 Å². The average molecular weight is 362 g/mol. The van der Waals surface area contributed by atoms with Gasteiger partial charge in [-0.1, -0.05) is 34.8 Å². The number of benzene rings is 2. The number of rotatable bonds is 3. The molecule has 0 aliphatic rings. The van der Waals surface area contributed by atoms with E-state index in [0.717, 1.165) is 0 Å². The fourth-order valence-electron chi connectivity index (χ4n) is 1.52. The third-order valence-electron chi connectivity index (χ3n) is 2.54. The molecule has 8 heteroatoms. The Morgan fingerprint density at radius 2 is 1.62 bits per heavy atom. The molecule has 0 amide bonds. The Balaban J connectivity index is 2.42. The van der Waals surface area contributed by atoms with E-state index >= 15 is 0 Å². The molecule has 0 unspecified atom stereocenters. The first-order valence-corrected chi connectivity index (χ1v) is 8.13. The Hall–Kier alpha value is -1.45. The number of nitrogens with one attached hydrogen (secondary N) is 1. The van der Waals surface area contributed by atoms with E-state index in [9.17, 15) is 8.42 Å². The topological polar surface area (TPSA) is 70.0 Å². The Bertz CT molecular complexity index is 845. The summed E-state index contributed by atoms with van der Waals surface area (Å²) in [4.78, 5) is -0.0599. The van der Waals surface area contributed by atoms with Crippen molar-refractivity contribution in [2.24, 2.45) is 0 Å². The minimum Gasteiger partial charge on any atom is -0.278 e. The maximum Gasteiger partial charge on any atom is 0.261 e. The van der Waals surface area contributed by atoms with Gasteiger partial charge in [-0.3, -0.25) is 4.72 Å². The van der Waals surface area contributed by atoms with Gasteiger partial charge in [-0.2, -0.15) is 5.26 Å². The van der Waals surface area contributed by atoms with Gasteiger partial charge in [0.1, 0.15) is 0 Å². The summed E-state index contributed by atoms with van der Waals surface area (Å²) in [6, 6.07) is 10.1. The number of hydrogen-bond acceptors (Lipinski definition) is 3. The molecule has 0 fully saturated rings. The number of nitriles is 1. The van der Waals surface area contributed by atoms with Gasteiger partial charge >= 0.3 is 0 Å². The number of sulfonamides is 1. The summed E-state index contributed by atoms with van der Waals surface area (Å²) < 4.78 is 26.8. The van der Waals surface area contributed by atoms with Crippen LogP contribution in [0.5, 0.6) is 0 Å². The molecule has 2 aromatic carbocycles. The minimum absolute atomic E-state index is 0.0599. The zero-order chi connectivity index (χ0) is 15.6. The predicted molar refractivity (Wildman–Crippen MR) is 83.4 cm³/mol. The van der Waals surface area contributed by atoms with E-state index < -0.39 is 10.0 Å². The maximum absolute atomic E-state index is 12.3. The van der Waals surface area contributed by atoms with Gasteiger partial charge in [0, 0.05) is 0 Å². The van der Waals surface area contributed by atoms with Crippen molar-refractivity contribution in [2.45, 2.75) is 4.90 Å². The normalized spacial score (nSPS) is 11.0. The van der Waals surface area contributed by atoms with Crippen molar-refractivity contribution in [3.05, 3.63) is 57.0 Å². The summed E-state index contributed by atoms with van der Waals surface area (Å²) in [5, 5.41) is 9.38. The van der Waals surface area contributed by atoms with E-state index in [-0.39, 0.29) is 31.2 Å². The lowest BCUT2D eigenvalue weighted by atomic mass is 10.2. The second kappa shape index (κ2) is 6.12. The van der Waals surface area contributed by atoms with Crippen LogP contribution in [0.2, 0.25) is 15.1 Å². The zero-order valence-electron chi connectivity index (χ0n) is 10.3. The molecule has 0 aromatic heterocycles. The second-order valence-electron chi connectivity index (χ2n) is 3.99. The van der Waals surface area contributed by atoms with Crippen LogP contribution < -0.4 is 4.72 Å². The Labute approximate surface area is 136 Å². The van der Waals surface area contributed by atoms with Crippen molar-refractivity contribution >= 4 is 50.5 Å². The van der Waals surface area contributed by atoms with E-state index in [0.29, 0.717) is 0 Å². The molecule has 0 saturated carbocycles. The van der Waals surface area contributed by atoms with Crippen molar-refractivity contribution in [2.75, 3.05) is 4.72 Å². The van der Waals surface area contributed by atoms with Gasteiger partial charge < -0.3 is 0 Å². The lowest BCUT2D eigenvalue weighted by Crippen LogP contribution is -2.13. The Morgan fingerprint density at radius 1 is 0.952 bits per heavy atom. The van der Waals surface area contributed by atoms with Crippen molar-refractivity contribution in [1.29, 1.82) is 5.26 Å². The smallest absolute Gasteiger partial charge is 0.261 e. The van der Waals surface area contributed by atoms with Crippen LogP contribution in [-0.2, 0) is 10.0 Å². The van der Waals surface area contributed by atoms with Crippen molar-refractivity contribution < 1.29 is 8.42 Å². The number of hydrogen-bond donors (Lipinski definition) is 1. The fourth-order valence-corrected chi connectivity index (χ4v) is 3.20. The highest BCUT2D eigenvalue weighted by molar-refractivity contribution is 7.92. The lowest BCUT2D eigenvalue weighted by Gasteiger charge is -2.10. The number of nitrogens with zero attached hydrogens (tertiary/aromatic N) is 1. The highest BCUT2D eigenvalue weighted by atomic mass is 35.5. The molecule has 1 N–H and O–H groups in total. The number of anilines is 1. The van der Waals surface area contributed by atoms with Crippen molar-refractivity contribution in [3.63, 3.8) is 0 Å². The lowest BCUT2D eigenvalue weighted by molar-refractivity contribution is 0.601. The first-order valence-electron chi connectivity index (χ1n) is 5.51. The first-order chi connectivity index (χ1) is 9.83. The molecule has 0 bridgehead atoms. The summed E-state index contributed by atoms with van der Waals surface area (Å²) in [6.07, 6.45) is 0. The van der Waals surface area contributed by atoms with Gasteiger partial charge in [-0.15, -0.1) is 0 Å². The molecule has 0 atom stereocenters. The molecule has 21 heavy (non-hydrogen) atoms. The summed E-state index contributed by atoms with van der Waals surface area (Å²) >= 11 is 17.5. The summed E-state index contributed by atoms with van der Waals surface area (Å²) in [6.45, 7) is 0. The summed E-state index contributed by atoms with van der Waals surface area (Å²) in [5.41, 5.74) is 0.396. The molecule has 0 heterocycles. The van der Waals surface area contributed by atoms with Crippen molar-refractivity contribution in [3.8, 4) is 6.07 Å². The van der Waals surface area contributed by atoms with Crippen LogP contribution in [0.15, 0.2) is 41.3 Å². The molecule has 0 spiro atoms. The van der Waals surface area contributed by atoms with Crippen LogP contribution >= 0.6 is 34.8 Å². The molecule has 2 rings (SSSR count). The van der Waals surface area contributed by atoms with Gasteiger partial charge in [0.25, 0.3) is 10.0 Å². The first kappa shape index (κ1) is 15.9. The van der Waals surface area contributed by atoms with Crippen LogP contribution in [0.4, 0.5) is 5.69 Å². The maximum atomic E-state index is 12.3. The van der Waals surface area contributed by atoms with Gasteiger partial charge in [0.15, 0.2) is 0 Å². The SMILES string of the molecule is N#Cc1ccc(Cl)c(NS(=O)(=O)c2ccc(Cl)c(Cl)c2)c1. The van der Waals surface area contributed by atoms with Gasteiger partial charge in [-0.05, 0) is 36.4 Å². The number of halogens is 3. The molecule has 0 aliphatic carbocycles. The molecule has 108 valence electrons. The van der Waals surface area contributed by atoms with Crippen molar-refractivity contribution in [1.82, 2.24) is 0 Å². The highest BCUT2D eigenvalue weighted by Crippen LogP contribution is 2.28. The third-order valence-corrected chi connectivity index (χ3v) is 4.97. The monoisotopic (exact) mass is 360 g/mol. The van der Waals surface area contributed by atoms with Gasteiger partial charge in [0.2, 0.25) is 0 Å². The summed E-state index contributed by atoms with van der Waals surface area (Å²) in [7, 11) is -3.89. The molecule has 0 radical (unpaired) electrons. The Kier molecular flexibility index (Phi) is 4.64. The van der Waals surface area contributed by atoms with Gasteiger partial charge in [-0.25, -0.2) is 8.42 Å². The zero-order valence-corrected chi connectivity index (χ0v) is 13.4. The van der Waals surface area contributed by atoms with E-state index in [1.165, 1.54) is 36.4 Å². The van der Waals surface area contributed by atoms with Crippen LogP contribution in [-0.4, -0.2) is 8.42 Å². The predicted octanol–water partition coefficient (Wildman–Crippen LogP) is 4.32. The average Bonchev–Trinajstić information content (AvgIpc) is 2.44. The third kappa shape index (κ3) is 3.60.